The second-order valence-corrected chi connectivity index (χ2v) is 3.46. The molecule has 2 aromatic heterocycles. The Balaban J connectivity index is 2.84. The molecule has 0 bridgehead atoms. The highest BCUT2D eigenvalue weighted by Gasteiger charge is 1.99. The molecule has 0 amide bonds. The van der Waals surface area contributed by atoms with E-state index in [0.29, 0.717) is 0 Å². The van der Waals surface area contributed by atoms with E-state index in [1.807, 2.05) is 25.1 Å². The molecular weight excluding hydrogens is 216 g/mol. The first kappa shape index (κ1) is 7.68. The molecule has 0 unspecified atom stereocenters. The van der Waals surface area contributed by atoms with E-state index in [9.17, 15) is 0 Å². The van der Waals surface area contributed by atoms with Gasteiger partial charge in [0.2, 0.25) is 0 Å². The molecule has 2 aromatic rings. The fourth-order valence-corrected chi connectivity index (χ4v) is 1.40. The van der Waals surface area contributed by atoms with Crippen LogP contribution in [-0.2, 0) is 0 Å². The van der Waals surface area contributed by atoms with E-state index in [0.717, 1.165) is 21.2 Å². The predicted molar refractivity (Wildman–Crippen MR) is 52.0 cm³/mol. The molecule has 0 saturated heterocycles. The SMILES string of the molecule is Cc1nc2ncccc2cc1Br. The Bertz CT molecular complexity index is 385. The van der Waals surface area contributed by atoms with Crippen LogP contribution in [0.1, 0.15) is 5.69 Å². The number of aromatic nitrogens is 2. The molecule has 0 aliphatic carbocycles. The van der Waals surface area contributed by atoms with Gasteiger partial charge >= 0.3 is 0 Å². The van der Waals surface area contributed by atoms with Gasteiger partial charge in [0.25, 0.3) is 0 Å². The van der Waals surface area contributed by atoms with Gasteiger partial charge in [-0.1, -0.05) is 0 Å². The number of nitrogens with zero attached hydrogens (tertiary/aromatic N) is 2. The van der Waals surface area contributed by atoms with Gasteiger partial charge in [0, 0.05) is 16.1 Å². The van der Waals surface area contributed by atoms with Gasteiger partial charge in [-0.2, -0.15) is 0 Å². The maximum atomic E-state index is 4.32. The molecule has 0 aliphatic rings. The van der Waals surface area contributed by atoms with Crippen molar-refractivity contribution in [3.63, 3.8) is 0 Å². The zero-order valence-electron chi connectivity index (χ0n) is 6.58. The van der Waals surface area contributed by atoms with Crippen molar-refractivity contribution in [2.75, 3.05) is 0 Å². The van der Waals surface area contributed by atoms with Gasteiger partial charge in [0.1, 0.15) is 0 Å². The molecule has 0 atom stereocenters. The predicted octanol–water partition coefficient (Wildman–Crippen LogP) is 2.70. The molecular formula is C9H7BrN2. The van der Waals surface area contributed by atoms with Crippen molar-refractivity contribution >= 4 is 27.0 Å². The quantitative estimate of drug-likeness (QED) is 0.686. The molecule has 0 N–H and O–H groups in total. The maximum absolute atomic E-state index is 4.32. The Hall–Kier alpha value is -0.960. The molecule has 0 spiro atoms. The largest absolute Gasteiger partial charge is 0.237 e. The molecule has 0 saturated carbocycles. The minimum atomic E-state index is 0.804. The van der Waals surface area contributed by atoms with E-state index in [-0.39, 0.29) is 0 Å². The smallest absolute Gasteiger partial charge is 0.159 e. The van der Waals surface area contributed by atoms with E-state index in [2.05, 4.69) is 25.9 Å². The zero-order chi connectivity index (χ0) is 8.55. The molecule has 0 aromatic carbocycles. The average molecular weight is 223 g/mol. The summed E-state index contributed by atoms with van der Waals surface area (Å²) in [7, 11) is 0. The molecule has 0 aliphatic heterocycles. The van der Waals surface area contributed by atoms with E-state index in [1.54, 1.807) is 6.20 Å². The Morgan fingerprint density at radius 3 is 3.08 bits per heavy atom. The van der Waals surface area contributed by atoms with Gasteiger partial charge in [-0.3, -0.25) is 0 Å². The highest BCUT2D eigenvalue weighted by molar-refractivity contribution is 9.10. The number of rotatable bonds is 0. The summed E-state index contributed by atoms with van der Waals surface area (Å²) in [5.74, 6) is 0. The van der Waals surface area contributed by atoms with Crippen LogP contribution in [0, 0.1) is 6.92 Å². The number of hydrogen-bond donors (Lipinski definition) is 0. The van der Waals surface area contributed by atoms with E-state index in [4.69, 9.17) is 0 Å². The molecule has 3 heteroatoms. The zero-order valence-corrected chi connectivity index (χ0v) is 8.17. The van der Waals surface area contributed by atoms with Crippen LogP contribution in [0.25, 0.3) is 11.0 Å². The van der Waals surface area contributed by atoms with Gasteiger partial charge in [-0.05, 0) is 41.1 Å². The molecule has 12 heavy (non-hydrogen) atoms. The van der Waals surface area contributed by atoms with Crippen molar-refractivity contribution in [3.05, 3.63) is 34.6 Å². The molecule has 0 fully saturated rings. The normalized spacial score (nSPS) is 10.5. The Labute approximate surface area is 78.8 Å². The van der Waals surface area contributed by atoms with Gasteiger partial charge in [-0.25, -0.2) is 9.97 Å². The first-order chi connectivity index (χ1) is 5.77. The summed E-state index contributed by atoms with van der Waals surface area (Å²) in [4.78, 5) is 8.47. The standard InChI is InChI=1S/C9H7BrN2/c1-6-8(10)5-7-3-2-4-11-9(7)12-6/h2-5H,1H3. The lowest BCUT2D eigenvalue weighted by molar-refractivity contribution is 1.19. The van der Waals surface area contributed by atoms with Gasteiger partial charge in [-0.15, -0.1) is 0 Å². The van der Waals surface area contributed by atoms with Crippen molar-refractivity contribution in [1.29, 1.82) is 0 Å². The topological polar surface area (TPSA) is 25.8 Å². The van der Waals surface area contributed by atoms with Crippen molar-refractivity contribution < 1.29 is 0 Å². The molecule has 2 nitrogen and oxygen atoms in total. The summed E-state index contributed by atoms with van der Waals surface area (Å²) in [6, 6.07) is 5.94. The van der Waals surface area contributed by atoms with Crippen LogP contribution >= 0.6 is 15.9 Å². The van der Waals surface area contributed by atoms with Crippen LogP contribution in [0.15, 0.2) is 28.9 Å². The molecule has 60 valence electrons. The van der Waals surface area contributed by atoms with Gasteiger partial charge < -0.3 is 0 Å². The number of hydrogen-bond acceptors (Lipinski definition) is 2. The number of halogens is 1. The third-order valence-corrected chi connectivity index (χ3v) is 2.52. The molecule has 2 heterocycles. The highest BCUT2D eigenvalue weighted by Crippen LogP contribution is 2.18. The Morgan fingerprint density at radius 2 is 2.25 bits per heavy atom. The summed E-state index contributed by atoms with van der Waals surface area (Å²) in [5.41, 5.74) is 1.78. The second-order valence-electron chi connectivity index (χ2n) is 2.61. The van der Waals surface area contributed by atoms with Crippen LogP contribution < -0.4 is 0 Å². The minimum absolute atomic E-state index is 0.804. The second kappa shape index (κ2) is 2.83. The monoisotopic (exact) mass is 222 g/mol. The number of pyridine rings is 2. The fourth-order valence-electron chi connectivity index (χ4n) is 1.07. The van der Waals surface area contributed by atoms with Crippen LogP contribution in [0.5, 0.6) is 0 Å². The lowest BCUT2D eigenvalue weighted by Gasteiger charge is -1.99. The Kier molecular flexibility index (Phi) is 1.81. The van der Waals surface area contributed by atoms with Crippen molar-refractivity contribution in [2.45, 2.75) is 6.92 Å². The van der Waals surface area contributed by atoms with Crippen molar-refractivity contribution in [3.8, 4) is 0 Å². The van der Waals surface area contributed by atoms with Crippen molar-refractivity contribution in [2.24, 2.45) is 0 Å². The first-order valence-electron chi connectivity index (χ1n) is 3.65. The van der Waals surface area contributed by atoms with E-state index >= 15 is 0 Å². The Morgan fingerprint density at radius 1 is 1.42 bits per heavy atom. The van der Waals surface area contributed by atoms with Crippen LogP contribution in [0.4, 0.5) is 0 Å². The van der Waals surface area contributed by atoms with Gasteiger partial charge in [0.05, 0.1) is 5.69 Å². The maximum Gasteiger partial charge on any atom is 0.159 e. The minimum Gasteiger partial charge on any atom is -0.237 e. The third kappa shape index (κ3) is 1.20. The van der Waals surface area contributed by atoms with Crippen LogP contribution in [-0.4, -0.2) is 9.97 Å². The lowest BCUT2D eigenvalue weighted by Crippen LogP contribution is -1.87. The summed E-state index contributed by atoms with van der Waals surface area (Å²) in [6.07, 6.45) is 1.75. The summed E-state index contributed by atoms with van der Waals surface area (Å²) < 4.78 is 1.03. The summed E-state index contributed by atoms with van der Waals surface area (Å²) in [6.45, 7) is 1.96. The van der Waals surface area contributed by atoms with Gasteiger partial charge in [0.15, 0.2) is 5.65 Å². The van der Waals surface area contributed by atoms with E-state index in [1.165, 1.54) is 0 Å². The van der Waals surface area contributed by atoms with Crippen LogP contribution in [0.2, 0.25) is 0 Å². The lowest BCUT2D eigenvalue weighted by atomic mass is 10.3. The summed E-state index contributed by atoms with van der Waals surface area (Å²) >= 11 is 3.43. The van der Waals surface area contributed by atoms with Crippen LogP contribution in [0.3, 0.4) is 0 Å². The van der Waals surface area contributed by atoms with E-state index < -0.39 is 0 Å². The fraction of sp³-hybridized carbons (Fsp3) is 0.111. The first-order valence-corrected chi connectivity index (χ1v) is 4.44. The number of aryl methyl sites for hydroxylation is 1. The average Bonchev–Trinajstić information content (AvgIpc) is 2.07. The summed E-state index contributed by atoms with van der Waals surface area (Å²) in [5, 5.41) is 1.06. The number of fused-ring (bicyclic) bond motifs is 1. The molecule has 0 radical (unpaired) electrons. The molecule has 2 rings (SSSR count). The third-order valence-electron chi connectivity index (χ3n) is 1.72. The highest BCUT2D eigenvalue weighted by atomic mass is 79.9. The van der Waals surface area contributed by atoms with Crippen molar-refractivity contribution in [1.82, 2.24) is 9.97 Å².